The lowest BCUT2D eigenvalue weighted by atomic mass is 10.7. The third-order valence-corrected chi connectivity index (χ3v) is 1.01. The average molecular weight is 161 g/mol. The molecule has 0 aromatic heterocycles. The van der Waals surface area contributed by atoms with Gasteiger partial charge in [-0.1, -0.05) is 0 Å². The molecule has 1 fully saturated rings. The molecule has 62 valence electrons. The Balaban J connectivity index is 2.28. The van der Waals surface area contributed by atoms with Crippen molar-refractivity contribution in [3.63, 3.8) is 0 Å². The third kappa shape index (κ3) is 1.99. The predicted molar refractivity (Wildman–Crippen MR) is 31.8 cm³/mol. The lowest BCUT2D eigenvalue weighted by molar-refractivity contribution is -0.0298. The zero-order valence-corrected chi connectivity index (χ0v) is 5.83. The molecule has 0 aliphatic carbocycles. The summed E-state index contributed by atoms with van der Waals surface area (Å²) in [5.41, 5.74) is 0. The van der Waals surface area contributed by atoms with E-state index in [0.717, 1.165) is 0 Å². The minimum Gasteiger partial charge on any atom is -0.426 e. The van der Waals surface area contributed by atoms with E-state index < -0.39 is 18.5 Å². The van der Waals surface area contributed by atoms with E-state index in [0.29, 0.717) is 0 Å². The molecule has 1 unspecified atom stereocenters. The first-order valence-corrected chi connectivity index (χ1v) is 2.94. The van der Waals surface area contributed by atoms with Gasteiger partial charge in [-0.3, -0.25) is 0 Å². The molecule has 0 radical (unpaired) electrons. The van der Waals surface area contributed by atoms with Gasteiger partial charge in [-0.05, 0) is 0 Å². The highest BCUT2D eigenvalue weighted by Gasteiger charge is 2.27. The van der Waals surface area contributed by atoms with Gasteiger partial charge in [0.05, 0.1) is 0 Å². The van der Waals surface area contributed by atoms with Crippen molar-refractivity contribution in [1.29, 1.82) is 0 Å². The van der Waals surface area contributed by atoms with Crippen LogP contribution in [0.2, 0.25) is 0 Å². The van der Waals surface area contributed by atoms with Crippen LogP contribution in [0.5, 0.6) is 0 Å². The number of nitrogens with one attached hydrogen (secondary N) is 1. The van der Waals surface area contributed by atoms with Crippen LogP contribution in [0.25, 0.3) is 0 Å². The molecule has 0 spiro atoms. The van der Waals surface area contributed by atoms with Crippen molar-refractivity contribution in [3.05, 3.63) is 0 Å². The minimum absolute atomic E-state index is 0.0494. The molecule has 1 rings (SSSR count). The molecule has 1 aliphatic heterocycles. The zero-order chi connectivity index (χ0) is 8.27. The number of rotatable bonds is 1. The van der Waals surface area contributed by atoms with E-state index in [1.165, 1.54) is 7.05 Å². The first-order chi connectivity index (χ1) is 5.22. The van der Waals surface area contributed by atoms with Crippen molar-refractivity contribution in [1.82, 2.24) is 5.32 Å². The SMILES string of the molecule is CNC(=O)OC1COC(=O)O1. The van der Waals surface area contributed by atoms with Crippen LogP contribution in [-0.4, -0.2) is 32.2 Å². The van der Waals surface area contributed by atoms with Gasteiger partial charge in [-0.2, -0.15) is 0 Å². The second-order valence-electron chi connectivity index (χ2n) is 1.76. The summed E-state index contributed by atoms with van der Waals surface area (Å²) < 4.78 is 13.2. The van der Waals surface area contributed by atoms with Crippen LogP contribution in [0.1, 0.15) is 0 Å². The highest BCUT2D eigenvalue weighted by atomic mass is 16.8. The number of cyclic esters (lactones) is 2. The van der Waals surface area contributed by atoms with Crippen LogP contribution < -0.4 is 5.32 Å². The number of carbonyl (C=O) groups is 2. The van der Waals surface area contributed by atoms with Gasteiger partial charge in [-0.25, -0.2) is 9.59 Å². The Morgan fingerprint density at radius 2 is 2.55 bits per heavy atom. The highest BCUT2D eigenvalue weighted by Crippen LogP contribution is 2.06. The number of ether oxygens (including phenoxy) is 3. The van der Waals surface area contributed by atoms with Crippen molar-refractivity contribution in [2.75, 3.05) is 13.7 Å². The molecular weight excluding hydrogens is 154 g/mol. The summed E-state index contributed by atoms with van der Waals surface area (Å²) in [7, 11) is 1.40. The quantitative estimate of drug-likeness (QED) is 0.540. The summed E-state index contributed by atoms with van der Waals surface area (Å²) in [6, 6.07) is 0. The van der Waals surface area contributed by atoms with Crippen LogP contribution in [-0.2, 0) is 14.2 Å². The Hall–Kier alpha value is -1.46. The van der Waals surface area contributed by atoms with E-state index in [-0.39, 0.29) is 6.61 Å². The number of carbonyl (C=O) groups excluding carboxylic acids is 2. The Labute approximate surface area is 62.4 Å². The second kappa shape index (κ2) is 3.09. The van der Waals surface area contributed by atoms with E-state index in [1.807, 2.05) is 0 Å². The maximum Gasteiger partial charge on any atom is 0.511 e. The molecule has 6 nitrogen and oxygen atoms in total. The van der Waals surface area contributed by atoms with Crippen molar-refractivity contribution in [2.45, 2.75) is 6.29 Å². The number of alkyl carbamates (subject to hydrolysis) is 1. The number of amides is 1. The summed E-state index contributed by atoms with van der Waals surface area (Å²) in [5, 5.41) is 2.20. The minimum atomic E-state index is -0.914. The first-order valence-electron chi connectivity index (χ1n) is 2.94. The Morgan fingerprint density at radius 3 is 3.00 bits per heavy atom. The zero-order valence-electron chi connectivity index (χ0n) is 5.83. The normalized spacial score (nSPS) is 21.9. The van der Waals surface area contributed by atoms with E-state index in [2.05, 4.69) is 19.5 Å². The van der Waals surface area contributed by atoms with Gasteiger partial charge in [0.15, 0.2) is 6.61 Å². The first kappa shape index (κ1) is 7.64. The molecule has 0 aromatic carbocycles. The van der Waals surface area contributed by atoms with E-state index in [1.54, 1.807) is 0 Å². The molecule has 0 saturated carbocycles. The van der Waals surface area contributed by atoms with Gasteiger partial charge >= 0.3 is 12.2 Å². The summed E-state index contributed by atoms with van der Waals surface area (Å²) >= 11 is 0. The molecular formula is C5H7NO5. The van der Waals surface area contributed by atoms with Crippen molar-refractivity contribution >= 4 is 12.2 Å². The van der Waals surface area contributed by atoms with Crippen molar-refractivity contribution in [2.24, 2.45) is 0 Å². The summed E-state index contributed by atoms with van der Waals surface area (Å²) in [5.74, 6) is 0. The molecule has 1 amide bonds. The Bertz CT molecular complexity index is 180. The van der Waals surface area contributed by atoms with Crippen molar-refractivity contribution < 1.29 is 23.8 Å². The summed E-state index contributed by atoms with van der Waals surface area (Å²) in [4.78, 5) is 20.8. The van der Waals surface area contributed by atoms with Crippen LogP contribution in [0.4, 0.5) is 9.59 Å². The van der Waals surface area contributed by atoms with E-state index >= 15 is 0 Å². The number of hydrogen-bond donors (Lipinski definition) is 1. The lowest BCUT2D eigenvalue weighted by Crippen LogP contribution is -2.27. The van der Waals surface area contributed by atoms with Crippen LogP contribution in [0, 0.1) is 0 Å². The van der Waals surface area contributed by atoms with Crippen molar-refractivity contribution in [3.8, 4) is 0 Å². The maximum absolute atomic E-state index is 10.5. The topological polar surface area (TPSA) is 73.9 Å². The summed E-state index contributed by atoms with van der Waals surface area (Å²) in [6.07, 6.45) is -2.39. The molecule has 1 saturated heterocycles. The largest absolute Gasteiger partial charge is 0.511 e. The van der Waals surface area contributed by atoms with Crippen LogP contribution >= 0.6 is 0 Å². The van der Waals surface area contributed by atoms with E-state index in [9.17, 15) is 9.59 Å². The molecule has 11 heavy (non-hydrogen) atoms. The maximum atomic E-state index is 10.5. The van der Waals surface area contributed by atoms with Gasteiger partial charge in [0.2, 0.25) is 0 Å². The Kier molecular flexibility index (Phi) is 2.15. The van der Waals surface area contributed by atoms with Crippen LogP contribution in [0.3, 0.4) is 0 Å². The number of hydrogen-bond acceptors (Lipinski definition) is 5. The average Bonchev–Trinajstić information content (AvgIpc) is 2.35. The van der Waals surface area contributed by atoms with Gasteiger partial charge in [0.25, 0.3) is 6.29 Å². The molecule has 6 heteroatoms. The Morgan fingerprint density at radius 1 is 1.82 bits per heavy atom. The van der Waals surface area contributed by atoms with Gasteiger partial charge in [0, 0.05) is 7.05 Å². The fourth-order valence-corrected chi connectivity index (χ4v) is 0.548. The molecule has 1 heterocycles. The predicted octanol–water partition coefficient (Wildman–Crippen LogP) is -0.165. The second-order valence-corrected chi connectivity index (χ2v) is 1.76. The van der Waals surface area contributed by atoms with Gasteiger partial charge in [-0.15, -0.1) is 0 Å². The van der Waals surface area contributed by atoms with Crippen LogP contribution in [0.15, 0.2) is 0 Å². The third-order valence-electron chi connectivity index (χ3n) is 1.01. The molecule has 1 N–H and O–H groups in total. The molecule has 1 aliphatic rings. The van der Waals surface area contributed by atoms with Gasteiger partial charge in [0.1, 0.15) is 0 Å². The van der Waals surface area contributed by atoms with E-state index in [4.69, 9.17) is 0 Å². The fraction of sp³-hybridized carbons (Fsp3) is 0.600. The lowest BCUT2D eigenvalue weighted by Gasteiger charge is -2.06. The smallest absolute Gasteiger partial charge is 0.426 e. The van der Waals surface area contributed by atoms with Gasteiger partial charge < -0.3 is 19.5 Å². The monoisotopic (exact) mass is 161 g/mol. The molecule has 0 bridgehead atoms. The fourth-order valence-electron chi connectivity index (χ4n) is 0.548. The highest BCUT2D eigenvalue weighted by molar-refractivity contribution is 5.67. The summed E-state index contributed by atoms with van der Waals surface area (Å²) in [6.45, 7) is -0.0494. The molecule has 1 atom stereocenters. The standard InChI is InChI=1S/C5H7NO5/c1-6-4(7)10-3-2-9-5(8)11-3/h3H,2H2,1H3,(H,6,7). The molecule has 0 aromatic rings.